The molecule has 0 saturated carbocycles. The van der Waals surface area contributed by atoms with Crippen molar-refractivity contribution in [1.29, 1.82) is 0 Å². The number of fused-ring (bicyclic) bond motifs is 7. The monoisotopic (exact) mass is 795 g/mol. The molecule has 0 saturated heterocycles. The molecule has 61 heavy (non-hydrogen) atoms. The Morgan fingerprint density at radius 2 is 0.984 bits per heavy atom. The summed E-state index contributed by atoms with van der Waals surface area (Å²) < 4.78 is 9.12. The van der Waals surface area contributed by atoms with Crippen molar-refractivity contribution < 1.29 is 4.42 Å². The zero-order valence-electron chi connectivity index (χ0n) is 33.1. The van der Waals surface area contributed by atoms with Crippen LogP contribution >= 0.6 is 11.3 Å². The van der Waals surface area contributed by atoms with Crippen molar-refractivity contribution in [3.05, 3.63) is 224 Å². The highest BCUT2D eigenvalue weighted by Gasteiger charge is 2.23. The second-order valence-electron chi connectivity index (χ2n) is 15.6. The van der Waals surface area contributed by atoms with Crippen LogP contribution in [0.5, 0.6) is 0 Å². The van der Waals surface area contributed by atoms with Gasteiger partial charge in [-0.2, -0.15) is 0 Å². The van der Waals surface area contributed by atoms with E-state index >= 15 is 0 Å². The molecule has 0 unspecified atom stereocenters. The van der Waals surface area contributed by atoms with E-state index in [4.69, 9.17) is 4.42 Å². The predicted octanol–water partition coefficient (Wildman–Crippen LogP) is 17.2. The smallest absolute Gasteiger partial charge is 0.136 e. The third-order valence-electron chi connectivity index (χ3n) is 12.1. The predicted molar refractivity (Wildman–Crippen MR) is 261 cm³/mol. The van der Waals surface area contributed by atoms with Crippen LogP contribution in [0.1, 0.15) is 0 Å². The van der Waals surface area contributed by atoms with Gasteiger partial charge in [-0.15, -0.1) is 11.3 Å². The van der Waals surface area contributed by atoms with Gasteiger partial charge >= 0.3 is 0 Å². The molecule has 0 amide bonds. The van der Waals surface area contributed by atoms with Crippen LogP contribution in [0.2, 0.25) is 0 Å². The van der Waals surface area contributed by atoms with Crippen LogP contribution in [0.3, 0.4) is 0 Å². The lowest BCUT2D eigenvalue weighted by Gasteiger charge is -2.27. The molecule has 0 aliphatic rings. The maximum Gasteiger partial charge on any atom is 0.136 e. The summed E-state index contributed by atoms with van der Waals surface area (Å²) in [6, 6.07) is 81.1. The lowest BCUT2D eigenvalue weighted by molar-refractivity contribution is 0.669. The first-order valence-corrected chi connectivity index (χ1v) is 21.6. The second kappa shape index (κ2) is 14.5. The summed E-state index contributed by atoms with van der Waals surface area (Å²) in [6.07, 6.45) is 0. The average Bonchev–Trinajstić information content (AvgIpc) is 3.91. The van der Waals surface area contributed by atoms with Gasteiger partial charge in [0, 0.05) is 42.3 Å². The van der Waals surface area contributed by atoms with E-state index in [1.165, 1.54) is 69.9 Å². The summed E-state index contributed by atoms with van der Waals surface area (Å²) in [5.74, 6) is 0. The van der Waals surface area contributed by atoms with E-state index in [0.29, 0.717) is 0 Å². The minimum absolute atomic E-state index is 0.870. The molecule has 3 heteroatoms. The maximum atomic E-state index is 6.57. The second-order valence-corrected chi connectivity index (χ2v) is 16.7. The number of furan rings is 1. The fraction of sp³-hybridized carbons (Fsp3) is 0. The van der Waals surface area contributed by atoms with Gasteiger partial charge < -0.3 is 9.32 Å². The summed E-state index contributed by atoms with van der Waals surface area (Å²) in [6.45, 7) is 0. The van der Waals surface area contributed by atoms with Crippen LogP contribution in [-0.4, -0.2) is 0 Å². The number of anilines is 3. The first-order valence-electron chi connectivity index (χ1n) is 20.7. The number of hydrogen-bond donors (Lipinski definition) is 0. The number of rotatable bonds is 7. The van der Waals surface area contributed by atoms with Gasteiger partial charge in [0.25, 0.3) is 0 Å². The Hall–Kier alpha value is -7.72. The lowest BCUT2D eigenvalue weighted by atomic mass is 9.89. The van der Waals surface area contributed by atoms with Crippen molar-refractivity contribution in [3.8, 4) is 44.5 Å². The first-order chi connectivity index (χ1) is 30.2. The normalized spacial score (nSPS) is 11.6. The molecule has 10 aromatic carbocycles. The summed E-state index contributed by atoms with van der Waals surface area (Å²) in [7, 11) is 0. The van der Waals surface area contributed by atoms with Crippen LogP contribution in [0.25, 0.3) is 97.4 Å². The summed E-state index contributed by atoms with van der Waals surface area (Å²) >= 11 is 1.87. The van der Waals surface area contributed by atoms with Crippen molar-refractivity contribution in [3.63, 3.8) is 0 Å². The molecule has 0 atom stereocenters. The Labute approximate surface area is 357 Å². The molecule has 2 heterocycles. The summed E-state index contributed by atoms with van der Waals surface area (Å²) in [5, 5.41) is 7.15. The topological polar surface area (TPSA) is 16.4 Å². The van der Waals surface area contributed by atoms with Crippen molar-refractivity contribution in [1.82, 2.24) is 0 Å². The first kappa shape index (κ1) is 35.2. The van der Waals surface area contributed by atoms with Crippen molar-refractivity contribution in [2.75, 3.05) is 4.90 Å². The molecule has 0 radical (unpaired) electrons. The molecule has 12 aromatic rings. The van der Waals surface area contributed by atoms with E-state index in [2.05, 4.69) is 229 Å². The highest BCUT2D eigenvalue weighted by Crippen LogP contribution is 2.49. The van der Waals surface area contributed by atoms with Crippen LogP contribution in [0, 0.1) is 0 Å². The van der Waals surface area contributed by atoms with Crippen molar-refractivity contribution >= 4 is 81.3 Å². The maximum absolute atomic E-state index is 6.57. The van der Waals surface area contributed by atoms with Gasteiger partial charge in [0.2, 0.25) is 0 Å². The fourth-order valence-electron chi connectivity index (χ4n) is 9.20. The summed E-state index contributed by atoms with van der Waals surface area (Å²) in [5.41, 5.74) is 14.6. The SMILES string of the molecule is c1ccc(-c2ccc3c(c2)oc2ccc(N(c4ccc(-c5c(-c6ccccc6)ccc6ccccc56)cc4)c4ccc(-c5ccccc5)c5sc6ccccc6c45)cc23)cc1. The number of benzene rings is 10. The molecule has 2 nitrogen and oxygen atoms in total. The molecule has 2 aromatic heterocycles. The molecule has 0 fully saturated rings. The number of thiophene rings is 1. The molecule has 0 spiro atoms. The Balaban J connectivity index is 1.08. The van der Waals surface area contributed by atoms with E-state index in [0.717, 1.165) is 44.6 Å². The highest BCUT2D eigenvalue weighted by molar-refractivity contribution is 7.26. The molecular formula is C58H37NOS. The van der Waals surface area contributed by atoms with Crippen LogP contribution < -0.4 is 4.90 Å². The Bertz CT molecular complexity index is 3570. The van der Waals surface area contributed by atoms with E-state index in [1.807, 2.05) is 11.3 Å². The van der Waals surface area contributed by atoms with Gasteiger partial charge in [-0.1, -0.05) is 170 Å². The Kier molecular flexibility index (Phi) is 8.39. The van der Waals surface area contributed by atoms with Crippen LogP contribution in [-0.2, 0) is 0 Å². The molecule has 0 aliphatic carbocycles. The average molecular weight is 796 g/mol. The van der Waals surface area contributed by atoms with E-state index in [9.17, 15) is 0 Å². The van der Waals surface area contributed by atoms with E-state index in [-0.39, 0.29) is 0 Å². The zero-order chi connectivity index (χ0) is 40.3. The molecule has 12 rings (SSSR count). The molecule has 0 aliphatic heterocycles. The van der Waals surface area contributed by atoms with Crippen LogP contribution in [0.4, 0.5) is 17.1 Å². The fourth-order valence-corrected chi connectivity index (χ4v) is 10.5. The van der Waals surface area contributed by atoms with Crippen molar-refractivity contribution in [2.45, 2.75) is 0 Å². The van der Waals surface area contributed by atoms with Gasteiger partial charge in [-0.3, -0.25) is 0 Å². The Morgan fingerprint density at radius 3 is 1.75 bits per heavy atom. The van der Waals surface area contributed by atoms with Gasteiger partial charge in [0.15, 0.2) is 0 Å². The van der Waals surface area contributed by atoms with Gasteiger partial charge in [-0.25, -0.2) is 0 Å². The van der Waals surface area contributed by atoms with Gasteiger partial charge in [-0.05, 0) is 110 Å². The lowest BCUT2D eigenvalue weighted by Crippen LogP contribution is -2.10. The minimum Gasteiger partial charge on any atom is -0.456 e. The van der Waals surface area contributed by atoms with Gasteiger partial charge in [0.1, 0.15) is 11.2 Å². The Morgan fingerprint density at radius 1 is 0.361 bits per heavy atom. The molecule has 0 N–H and O–H groups in total. The molecule has 0 bridgehead atoms. The third-order valence-corrected chi connectivity index (χ3v) is 13.3. The van der Waals surface area contributed by atoms with Crippen LogP contribution in [0.15, 0.2) is 229 Å². The largest absolute Gasteiger partial charge is 0.456 e. The number of nitrogens with zero attached hydrogens (tertiary/aromatic N) is 1. The summed E-state index contributed by atoms with van der Waals surface area (Å²) in [4.78, 5) is 2.44. The van der Waals surface area contributed by atoms with Crippen molar-refractivity contribution in [2.24, 2.45) is 0 Å². The van der Waals surface area contributed by atoms with Gasteiger partial charge in [0.05, 0.1) is 5.69 Å². The zero-order valence-corrected chi connectivity index (χ0v) is 33.9. The molecule has 286 valence electrons. The molecular weight excluding hydrogens is 759 g/mol. The highest BCUT2D eigenvalue weighted by atomic mass is 32.1. The quantitative estimate of drug-likeness (QED) is 0.160. The number of hydrogen-bond acceptors (Lipinski definition) is 3. The van der Waals surface area contributed by atoms with E-state index in [1.54, 1.807) is 0 Å². The third kappa shape index (κ3) is 6.01. The standard InChI is InChI=1S/C58H37NOS/c1-4-14-38(15-5-1)43-27-32-49-51-37-45(30-35-53(51)60-54(49)36-43)59(52-34-33-48(40-18-8-3-9-19-40)58-57(52)50-22-12-13-23-55(50)61-58)44-28-24-42(25-29-44)56-46-21-11-10-20-41(46)26-31-47(56)39-16-6-2-7-17-39/h1-37H. The van der Waals surface area contributed by atoms with E-state index < -0.39 is 0 Å². The minimum atomic E-state index is 0.870.